The van der Waals surface area contributed by atoms with Crippen LogP contribution in [0.15, 0.2) is 53.4 Å². The Bertz CT molecular complexity index is 779. The zero-order chi connectivity index (χ0) is 16.4. The summed E-state index contributed by atoms with van der Waals surface area (Å²) in [6.07, 6.45) is 5.08. The van der Waals surface area contributed by atoms with Gasteiger partial charge in [-0.2, -0.15) is 0 Å². The number of nitrogens with zero attached hydrogens (tertiary/aromatic N) is 2. The van der Waals surface area contributed by atoms with Gasteiger partial charge < -0.3 is 14.3 Å². The van der Waals surface area contributed by atoms with Crippen molar-refractivity contribution in [2.45, 2.75) is 32.9 Å². The van der Waals surface area contributed by atoms with Crippen molar-refractivity contribution in [2.24, 2.45) is 0 Å². The standard InChI is InChI=1S/C18H20FN3O/c1-12(21-13(2)18-5-4-10-23-18)15-6-7-17(16(19)11-15)22-9-8-20-14(22)3/h4-13,21H,1-3H3/t12-,13+/m1/s1. The summed E-state index contributed by atoms with van der Waals surface area (Å²) in [4.78, 5) is 4.13. The Labute approximate surface area is 135 Å². The highest BCUT2D eigenvalue weighted by atomic mass is 19.1. The van der Waals surface area contributed by atoms with Gasteiger partial charge in [0.15, 0.2) is 0 Å². The second-order valence-corrected chi connectivity index (χ2v) is 5.68. The van der Waals surface area contributed by atoms with Gasteiger partial charge in [0.2, 0.25) is 0 Å². The van der Waals surface area contributed by atoms with E-state index in [9.17, 15) is 4.39 Å². The Kier molecular flexibility index (Phi) is 4.30. The number of furan rings is 1. The second kappa shape index (κ2) is 6.38. The molecule has 1 N–H and O–H groups in total. The van der Waals surface area contributed by atoms with Crippen LogP contribution in [0, 0.1) is 12.7 Å². The Hall–Kier alpha value is -2.40. The third kappa shape index (κ3) is 3.19. The highest BCUT2D eigenvalue weighted by molar-refractivity contribution is 5.38. The summed E-state index contributed by atoms with van der Waals surface area (Å²) in [5.41, 5.74) is 1.40. The summed E-state index contributed by atoms with van der Waals surface area (Å²) < 4.78 is 21.6. The summed E-state index contributed by atoms with van der Waals surface area (Å²) in [5, 5.41) is 3.41. The lowest BCUT2D eigenvalue weighted by atomic mass is 10.1. The normalized spacial score (nSPS) is 13.9. The van der Waals surface area contributed by atoms with Gasteiger partial charge >= 0.3 is 0 Å². The minimum Gasteiger partial charge on any atom is -0.468 e. The van der Waals surface area contributed by atoms with Gasteiger partial charge in [-0.15, -0.1) is 0 Å². The fourth-order valence-electron chi connectivity index (χ4n) is 2.71. The number of nitrogens with one attached hydrogen (secondary N) is 1. The van der Waals surface area contributed by atoms with Crippen molar-refractivity contribution in [3.05, 3.63) is 72.0 Å². The predicted octanol–water partition coefficient (Wildman–Crippen LogP) is 4.32. The molecule has 0 spiro atoms. The highest BCUT2D eigenvalue weighted by Gasteiger charge is 2.15. The molecule has 0 amide bonds. The SMILES string of the molecule is Cc1nccn1-c1ccc([C@@H](C)N[C@@H](C)c2ccco2)cc1F. The summed E-state index contributed by atoms with van der Waals surface area (Å²) in [7, 11) is 0. The van der Waals surface area contributed by atoms with Crippen molar-refractivity contribution in [1.82, 2.24) is 14.9 Å². The van der Waals surface area contributed by atoms with Crippen molar-refractivity contribution >= 4 is 0 Å². The molecule has 0 fully saturated rings. The van der Waals surface area contributed by atoms with Crippen molar-refractivity contribution in [3.8, 4) is 5.69 Å². The van der Waals surface area contributed by atoms with Gasteiger partial charge in [-0.1, -0.05) is 6.07 Å². The van der Waals surface area contributed by atoms with Crippen molar-refractivity contribution in [3.63, 3.8) is 0 Å². The molecule has 0 aliphatic heterocycles. The van der Waals surface area contributed by atoms with E-state index >= 15 is 0 Å². The monoisotopic (exact) mass is 313 g/mol. The molecule has 0 saturated heterocycles. The molecule has 2 heterocycles. The Balaban J connectivity index is 1.78. The number of imidazole rings is 1. The molecular formula is C18H20FN3O. The average molecular weight is 313 g/mol. The summed E-state index contributed by atoms with van der Waals surface area (Å²) in [6, 6.07) is 9.14. The van der Waals surface area contributed by atoms with Crippen molar-refractivity contribution in [2.75, 3.05) is 0 Å². The third-order valence-corrected chi connectivity index (χ3v) is 4.03. The van der Waals surface area contributed by atoms with E-state index in [1.54, 1.807) is 35.4 Å². The molecule has 0 bridgehead atoms. The summed E-state index contributed by atoms with van der Waals surface area (Å²) in [5.74, 6) is 1.36. The second-order valence-electron chi connectivity index (χ2n) is 5.68. The summed E-state index contributed by atoms with van der Waals surface area (Å²) in [6.45, 7) is 5.88. The maximum Gasteiger partial charge on any atom is 0.147 e. The van der Waals surface area contributed by atoms with Crippen LogP contribution in [0.25, 0.3) is 5.69 Å². The van der Waals surface area contributed by atoms with E-state index in [1.807, 2.05) is 39.0 Å². The molecule has 0 unspecified atom stereocenters. The molecule has 2 aromatic heterocycles. The molecule has 0 aliphatic rings. The van der Waals surface area contributed by atoms with E-state index in [0.717, 1.165) is 17.1 Å². The fourth-order valence-corrected chi connectivity index (χ4v) is 2.71. The maximum absolute atomic E-state index is 14.5. The van der Waals surface area contributed by atoms with Crippen molar-refractivity contribution < 1.29 is 8.81 Å². The summed E-state index contributed by atoms with van der Waals surface area (Å²) >= 11 is 0. The Morgan fingerprint density at radius 2 is 2.04 bits per heavy atom. The average Bonchev–Trinajstić information content (AvgIpc) is 3.18. The van der Waals surface area contributed by atoms with E-state index in [4.69, 9.17) is 4.42 Å². The molecule has 5 heteroatoms. The molecule has 23 heavy (non-hydrogen) atoms. The Morgan fingerprint density at radius 3 is 2.65 bits per heavy atom. The maximum atomic E-state index is 14.5. The smallest absolute Gasteiger partial charge is 0.147 e. The van der Waals surface area contributed by atoms with Gasteiger partial charge in [0.1, 0.15) is 17.4 Å². The number of aromatic nitrogens is 2. The topological polar surface area (TPSA) is 43.0 Å². The molecule has 120 valence electrons. The number of aryl methyl sites for hydroxylation is 1. The van der Waals surface area contributed by atoms with Gasteiger partial charge in [-0.3, -0.25) is 0 Å². The van der Waals surface area contributed by atoms with Crippen molar-refractivity contribution in [1.29, 1.82) is 0 Å². The first-order valence-corrected chi connectivity index (χ1v) is 7.65. The molecule has 2 atom stereocenters. The molecule has 1 aromatic carbocycles. The van der Waals surface area contributed by atoms with E-state index < -0.39 is 0 Å². The first kappa shape index (κ1) is 15.5. The van der Waals surface area contributed by atoms with Crippen LogP contribution >= 0.6 is 0 Å². The van der Waals surface area contributed by atoms with E-state index in [0.29, 0.717) is 5.69 Å². The fraction of sp³-hybridized carbons (Fsp3) is 0.278. The lowest BCUT2D eigenvalue weighted by Crippen LogP contribution is -2.22. The quantitative estimate of drug-likeness (QED) is 0.762. The lowest BCUT2D eigenvalue weighted by molar-refractivity contribution is 0.402. The molecule has 4 nitrogen and oxygen atoms in total. The largest absolute Gasteiger partial charge is 0.468 e. The number of benzene rings is 1. The molecule has 0 saturated carbocycles. The van der Waals surface area contributed by atoms with Gasteiger partial charge in [0.05, 0.1) is 18.0 Å². The van der Waals surface area contributed by atoms with Crippen LogP contribution in [0.1, 0.15) is 43.1 Å². The van der Waals surface area contributed by atoms with Crippen LogP contribution in [-0.2, 0) is 0 Å². The van der Waals surface area contributed by atoms with Gasteiger partial charge in [-0.25, -0.2) is 9.37 Å². The van der Waals surface area contributed by atoms with Crippen LogP contribution < -0.4 is 5.32 Å². The number of hydrogen-bond donors (Lipinski definition) is 1. The van der Waals surface area contributed by atoms with Gasteiger partial charge in [0, 0.05) is 18.4 Å². The Morgan fingerprint density at radius 1 is 1.22 bits per heavy atom. The predicted molar refractivity (Wildman–Crippen MR) is 86.9 cm³/mol. The van der Waals surface area contributed by atoms with Crippen LogP contribution in [0.2, 0.25) is 0 Å². The zero-order valence-electron chi connectivity index (χ0n) is 13.5. The number of rotatable bonds is 5. The highest BCUT2D eigenvalue weighted by Crippen LogP contribution is 2.23. The van der Waals surface area contributed by atoms with Crippen LogP contribution in [0.5, 0.6) is 0 Å². The molecular weight excluding hydrogens is 293 g/mol. The van der Waals surface area contributed by atoms with Crippen LogP contribution in [-0.4, -0.2) is 9.55 Å². The number of hydrogen-bond acceptors (Lipinski definition) is 3. The van der Waals surface area contributed by atoms with Crippen LogP contribution in [0.4, 0.5) is 4.39 Å². The van der Waals surface area contributed by atoms with Gasteiger partial charge in [0.25, 0.3) is 0 Å². The molecule has 3 aromatic rings. The lowest BCUT2D eigenvalue weighted by Gasteiger charge is -2.19. The minimum absolute atomic E-state index is 0.00235. The first-order valence-electron chi connectivity index (χ1n) is 7.65. The van der Waals surface area contributed by atoms with E-state index in [-0.39, 0.29) is 17.9 Å². The third-order valence-electron chi connectivity index (χ3n) is 4.03. The minimum atomic E-state index is -0.261. The molecule has 3 rings (SSSR count). The zero-order valence-corrected chi connectivity index (χ0v) is 13.5. The van der Waals surface area contributed by atoms with E-state index in [2.05, 4.69) is 10.3 Å². The number of halogens is 1. The first-order chi connectivity index (χ1) is 11.1. The molecule has 0 radical (unpaired) electrons. The molecule has 0 aliphatic carbocycles. The van der Waals surface area contributed by atoms with E-state index in [1.165, 1.54) is 0 Å². The van der Waals surface area contributed by atoms with Crippen LogP contribution in [0.3, 0.4) is 0 Å². The van der Waals surface area contributed by atoms with Gasteiger partial charge in [-0.05, 0) is 50.6 Å².